The molecule has 6 heteroatoms. The maximum absolute atomic E-state index is 12.5. The average molecular weight is 413 g/mol. The molecule has 0 unspecified atom stereocenters. The molecule has 2 aromatic carbocycles. The van der Waals surface area contributed by atoms with Crippen molar-refractivity contribution in [2.75, 3.05) is 11.9 Å². The Bertz CT molecular complexity index is 956. The maximum atomic E-state index is 12.5. The fourth-order valence-corrected chi connectivity index (χ4v) is 2.87. The molecule has 0 N–H and O–H groups in total. The lowest BCUT2D eigenvalue weighted by Crippen LogP contribution is -2.30. The minimum atomic E-state index is -0.572. The van der Waals surface area contributed by atoms with Gasteiger partial charge >= 0.3 is 6.09 Å². The number of hydrogen-bond acceptors (Lipinski definition) is 3. The summed E-state index contributed by atoms with van der Waals surface area (Å²) in [6.07, 6.45) is 1.04. The Labute approximate surface area is 159 Å². The van der Waals surface area contributed by atoms with E-state index >= 15 is 0 Å². The summed E-state index contributed by atoms with van der Waals surface area (Å²) in [6.45, 7) is 0.441. The van der Waals surface area contributed by atoms with Gasteiger partial charge in [0.15, 0.2) is 5.75 Å². The van der Waals surface area contributed by atoms with Crippen molar-refractivity contribution in [2.45, 2.75) is 6.54 Å². The van der Waals surface area contributed by atoms with Gasteiger partial charge in [-0.1, -0.05) is 48.5 Å². The molecule has 132 valence electrons. The molecule has 0 bridgehead atoms. The van der Waals surface area contributed by atoms with Crippen LogP contribution in [0.15, 0.2) is 82.2 Å². The van der Waals surface area contributed by atoms with Gasteiger partial charge in [0.1, 0.15) is 4.47 Å². The second-order valence-corrected chi connectivity index (χ2v) is 6.47. The van der Waals surface area contributed by atoms with Crippen molar-refractivity contribution >= 4 is 27.7 Å². The minimum absolute atomic E-state index is 0.187. The smallest absolute Gasteiger partial charge is 0.408 e. The highest BCUT2D eigenvalue weighted by Crippen LogP contribution is 2.22. The Kier molecular flexibility index (Phi) is 5.53. The number of nitrogens with zero attached hydrogens (tertiary/aromatic N) is 2. The number of para-hydroxylation sites is 1. The number of carbonyl (C=O) groups excluding carboxylic acids is 1. The number of halogens is 1. The molecule has 0 aliphatic carbocycles. The van der Waals surface area contributed by atoms with Gasteiger partial charge in [-0.3, -0.25) is 9.69 Å². The van der Waals surface area contributed by atoms with E-state index in [0.29, 0.717) is 12.2 Å². The fourth-order valence-electron chi connectivity index (χ4n) is 2.43. The quantitative estimate of drug-likeness (QED) is 0.641. The van der Waals surface area contributed by atoms with Crippen molar-refractivity contribution in [1.82, 2.24) is 4.57 Å². The Balaban J connectivity index is 1.78. The normalized spacial score (nSPS) is 10.4. The highest BCUT2D eigenvalue weighted by molar-refractivity contribution is 9.10. The van der Waals surface area contributed by atoms with Gasteiger partial charge in [-0.15, -0.1) is 0 Å². The topological polar surface area (TPSA) is 51.5 Å². The second-order valence-electron chi connectivity index (χ2n) is 5.68. The molecule has 0 atom stereocenters. The van der Waals surface area contributed by atoms with Crippen LogP contribution in [0.3, 0.4) is 0 Å². The van der Waals surface area contributed by atoms with Crippen LogP contribution in [0.1, 0.15) is 5.56 Å². The van der Waals surface area contributed by atoms with Crippen LogP contribution in [0.2, 0.25) is 0 Å². The summed E-state index contributed by atoms with van der Waals surface area (Å²) < 4.78 is 7.14. The van der Waals surface area contributed by atoms with E-state index in [0.717, 1.165) is 5.56 Å². The highest BCUT2D eigenvalue weighted by atomic mass is 79.9. The molecule has 1 aromatic heterocycles. The van der Waals surface area contributed by atoms with E-state index in [1.54, 1.807) is 36.0 Å². The molecular formula is C20H17BrN2O3. The molecule has 0 spiro atoms. The standard InChI is InChI=1S/C20H17BrN2O3/c1-22(16-10-6-3-7-11-16)20(25)26-17-12-13-23(19(24)18(17)21)14-15-8-4-2-5-9-15/h2-13H,14H2,1H3. The molecule has 0 aliphatic rings. The number of ether oxygens (including phenoxy) is 1. The number of amides is 1. The molecule has 0 saturated carbocycles. The lowest BCUT2D eigenvalue weighted by Gasteiger charge is -2.17. The molecule has 1 heterocycles. The van der Waals surface area contributed by atoms with Crippen molar-refractivity contribution < 1.29 is 9.53 Å². The number of hydrogen-bond donors (Lipinski definition) is 0. The predicted molar refractivity (Wildman–Crippen MR) is 105 cm³/mol. The minimum Gasteiger partial charge on any atom is -0.408 e. The zero-order valence-corrected chi connectivity index (χ0v) is 15.7. The number of pyridine rings is 1. The summed E-state index contributed by atoms with van der Waals surface area (Å²) in [4.78, 5) is 26.2. The third-order valence-corrected chi connectivity index (χ3v) is 4.61. The van der Waals surface area contributed by atoms with Crippen LogP contribution in [0.25, 0.3) is 0 Å². The third kappa shape index (κ3) is 4.03. The van der Waals surface area contributed by atoms with Gasteiger partial charge in [0.25, 0.3) is 5.56 Å². The first-order valence-corrected chi connectivity index (χ1v) is 8.79. The zero-order chi connectivity index (χ0) is 18.5. The fraction of sp³-hybridized carbons (Fsp3) is 0.100. The molecule has 0 fully saturated rings. The molecule has 26 heavy (non-hydrogen) atoms. The first-order chi connectivity index (χ1) is 12.6. The molecule has 3 aromatic rings. The second kappa shape index (κ2) is 8.01. The molecule has 0 saturated heterocycles. The van der Waals surface area contributed by atoms with Crippen LogP contribution in [0, 0.1) is 0 Å². The predicted octanol–water partition coefficient (Wildman–Crippen LogP) is 4.29. The summed E-state index contributed by atoms with van der Waals surface area (Å²) in [5.74, 6) is 0.187. The first kappa shape index (κ1) is 17.9. The van der Waals surface area contributed by atoms with E-state index < -0.39 is 6.09 Å². The molecule has 3 rings (SSSR count). The van der Waals surface area contributed by atoms with Crippen molar-refractivity contribution in [1.29, 1.82) is 0 Å². The van der Waals surface area contributed by atoms with E-state index in [2.05, 4.69) is 15.9 Å². The monoisotopic (exact) mass is 412 g/mol. The average Bonchev–Trinajstić information content (AvgIpc) is 2.68. The lowest BCUT2D eigenvalue weighted by molar-refractivity contribution is 0.208. The van der Waals surface area contributed by atoms with E-state index in [1.165, 1.54) is 4.90 Å². The van der Waals surface area contributed by atoms with Gasteiger partial charge in [0, 0.05) is 18.9 Å². The van der Waals surface area contributed by atoms with Gasteiger partial charge in [-0.05, 0) is 39.7 Å². The summed E-state index contributed by atoms with van der Waals surface area (Å²) in [7, 11) is 1.61. The third-order valence-electron chi connectivity index (χ3n) is 3.88. The molecule has 0 radical (unpaired) electrons. The van der Waals surface area contributed by atoms with Crippen molar-refractivity contribution in [3.63, 3.8) is 0 Å². The molecule has 0 aliphatic heterocycles. The van der Waals surface area contributed by atoms with Gasteiger partial charge in [-0.25, -0.2) is 4.79 Å². The summed E-state index contributed by atoms with van der Waals surface area (Å²) in [5.41, 5.74) is 1.45. The number of carbonyl (C=O) groups is 1. The molecule has 5 nitrogen and oxygen atoms in total. The highest BCUT2D eigenvalue weighted by Gasteiger charge is 2.17. The van der Waals surface area contributed by atoms with Crippen LogP contribution in [0.5, 0.6) is 5.75 Å². The van der Waals surface area contributed by atoms with Gasteiger partial charge in [0.05, 0.1) is 6.54 Å². The summed E-state index contributed by atoms with van der Waals surface area (Å²) in [5, 5.41) is 0. The Morgan fingerprint density at radius 2 is 1.65 bits per heavy atom. The lowest BCUT2D eigenvalue weighted by atomic mass is 10.2. The molecule has 1 amide bonds. The van der Waals surface area contributed by atoms with Gasteiger partial charge < -0.3 is 9.30 Å². The van der Waals surface area contributed by atoms with Crippen molar-refractivity contribution in [2.24, 2.45) is 0 Å². The Morgan fingerprint density at radius 3 is 2.31 bits per heavy atom. The van der Waals surface area contributed by atoms with Crippen LogP contribution in [-0.4, -0.2) is 17.7 Å². The van der Waals surface area contributed by atoms with E-state index in [1.807, 2.05) is 48.5 Å². The van der Waals surface area contributed by atoms with Crippen LogP contribution in [-0.2, 0) is 6.54 Å². The number of benzene rings is 2. The first-order valence-electron chi connectivity index (χ1n) is 7.99. The zero-order valence-electron chi connectivity index (χ0n) is 14.1. The van der Waals surface area contributed by atoms with Crippen LogP contribution >= 0.6 is 15.9 Å². The van der Waals surface area contributed by atoms with E-state index in [4.69, 9.17) is 4.74 Å². The van der Waals surface area contributed by atoms with E-state index in [-0.39, 0.29) is 15.8 Å². The van der Waals surface area contributed by atoms with Gasteiger partial charge in [0.2, 0.25) is 0 Å². The maximum Gasteiger partial charge on any atom is 0.419 e. The Morgan fingerprint density at radius 1 is 1.04 bits per heavy atom. The molecular weight excluding hydrogens is 396 g/mol. The number of aromatic nitrogens is 1. The van der Waals surface area contributed by atoms with Crippen LogP contribution < -0.4 is 15.2 Å². The SMILES string of the molecule is CN(C(=O)Oc1ccn(Cc2ccccc2)c(=O)c1Br)c1ccccc1. The largest absolute Gasteiger partial charge is 0.419 e. The Hall–Kier alpha value is -2.86. The number of rotatable bonds is 4. The van der Waals surface area contributed by atoms with E-state index in [9.17, 15) is 9.59 Å². The summed E-state index contributed by atoms with van der Waals surface area (Å²) in [6, 6.07) is 20.4. The van der Waals surface area contributed by atoms with Crippen molar-refractivity contribution in [3.05, 3.63) is 93.3 Å². The van der Waals surface area contributed by atoms with Crippen molar-refractivity contribution in [3.8, 4) is 5.75 Å². The van der Waals surface area contributed by atoms with Gasteiger partial charge in [-0.2, -0.15) is 0 Å². The number of anilines is 1. The summed E-state index contributed by atoms with van der Waals surface area (Å²) >= 11 is 3.25. The van der Waals surface area contributed by atoms with Crippen LogP contribution in [0.4, 0.5) is 10.5 Å².